The second-order valence-corrected chi connectivity index (χ2v) is 3.79. The minimum absolute atomic E-state index is 0.247. The first-order valence-electron chi connectivity index (χ1n) is 4.92. The number of benzene rings is 1. The average Bonchev–Trinajstić information content (AvgIpc) is 2.11. The Hall–Kier alpha value is -1.60. The summed E-state index contributed by atoms with van der Waals surface area (Å²) in [6.07, 6.45) is -12.6. The Kier molecular flexibility index (Phi) is 4.21. The van der Waals surface area contributed by atoms with E-state index in [9.17, 15) is 35.5 Å². The summed E-state index contributed by atoms with van der Waals surface area (Å²) in [6.45, 7) is 0. The molecule has 1 nitrogen and oxygen atoms in total. The van der Waals surface area contributed by atoms with E-state index < -0.39 is 36.3 Å². The first-order valence-corrected chi connectivity index (χ1v) is 4.92. The fourth-order valence-corrected chi connectivity index (χ4v) is 1.50. The number of ketones is 1. The highest BCUT2D eigenvalue weighted by Gasteiger charge is 2.60. The van der Waals surface area contributed by atoms with Crippen molar-refractivity contribution in [3.63, 3.8) is 0 Å². The van der Waals surface area contributed by atoms with Crippen molar-refractivity contribution in [1.82, 2.24) is 0 Å². The zero-order valence-corrected chi connectivity index (χ0v) is 9.15. The van der Waals surface area contributed by atoms with Crippen molar-refractivity contribution in [2.45, 2.75) is 18.8 Å². The van der Waals surface area contributed by atoms with E-state index in [0.29, 0.717) is 6.07 Å². The van der Waals surface area contributed by atoms with Gasteiger partial charge < -0.3 is 0 Å². The summed E-state index contributed by atoms with van der Waals surface area (Å²) in [6, 6.07) is 3.83. The van der Waals surface area contributed by atoms with Gasteiger partial charge in [0.05, 0.1) is 0 Å². The highest BCUT2D eigenvalue weighted by molar-refractivity contribution is 5.84. The van der Waals surface area contributed by atoms with Crippen molar-refractivity contribution in [2.75, 3.05) is 0 Å². The number of Topliss-reactive ketones (excluding diaryl/α,β-unsaturated/α-hetero) is 1. The average molecular weight is 288 g/mol. The minimum Gasteiger partial charge on any atom is -0.298 e. The molecular formula is C11H7F7O. The first-order chi connectivity index (χ1) is 8.51. The molecule has 0 aliphatic rings. The molecule has 0 atom stereocenters. The molecular weight excluding hydrogens is 281 g/mol. The van der Waals surface area contributed by atoms with E-state index in [1.807, 2.05) is 0 Å². The SMILES string of the molecule is O=C(Cc1cccc(F)c1)C(C(F)(F)F)C(F)(F)F. The Morgan fingerprint density at radius 2 is 1.58 bits per heavy atom. The van der Waals surface area contributed by atoms with Crippen LogP contribution in [-0.4, -0.2) is 18.1 Å². The molecule has 0 spiro atoms. The van der Waals surface area contributed by atoms with Crippen LogP contribution < -0.4 is 0 Å². The van der Waals surface area contributed by atoms with E-state index in [1.165, 1.54) is 0 Å². The molecule has 0 aliphatic heterocycles. The van der Waals surface area contributed by atoms with Gasteiger partial charge >= 0.3 is 12.4 Å². The van der Waals surface area contributed by atoms with Crippen molar-refractivity contribution in [3.05, 3.63) is 35.6 Å². The molecule has 1 aromatic rings. The second-order valence-electron chi connectivity index (χ2n) is 3.79. The van der Waals surface area contributed by atoms with E-state index in [2.05, 4.69) is 0 Å². The normalized spacial score (nSPS) is 12.8. The van der Waals surface area contributed by atoms with Crippen LogP contribution in [0.2, 0.25) is 0 Å². The van der Waals surface area contributed by atoms with E-state index in [-0.39, 0.29) is 5.56 Å². The molecule has 106 valence electrons. The highest BCUT2D eigenvalue weighted by atomic mass is 19.4. The van der Waals surface area contributed by atoms with E-state index in [1.54, 1.807) is 0 Å². The summed E-state index contributed by atoms with van der Waals surface area (Å²) in [5.41, 5.74) is -0.247. The lowest BCUT2D eigenvalue weighted by atomic mass is 9.96. The Labute approximate surface area is 103 Å². The van der Waals surface area contributed by atoms with Gasteiger partial charge in [-0.25, -0.2) is 4.39 Å². The Morgan fingerprint density at radius 3 is 2.00 bits per heavy atom. The molecule has 0 radical (unpaired) electrons. The number of rotatable bonds is 3. The molecule has 0 heterocycles. The predicted molar refractivity (Wildman–Crippen MR) is 50.7 cm³/mol. The number of hydrogen-bond donors (Lipinski definition) is 0. The van der Waals surface area contributed by atoms with Crippen LogP contribution >= 0.6 is 0 Å². The Bertz CT molecular complexity index is 447. The smallest absolute Gasteiger partial charge is 0.298 e. The third kappa shape index (κ3) is 4.22. The summed E-state index contributed by atoms with van der Waals surface area (Å²) in [4.78, 5) is 11.2. The number of halogens is 7. The topological polar surface area (TPSA) is 17.1 Å². The summed E-state index contributed by atoms with van der Waals surface area (Å²) < 4.78 is 86.1. The molecule has 0 amide bonds. The van der Waals surface area contributed by atoms with Gasteiger partial charge in [-0.2, -0.15) is 26.3 Å². The van der Waals surface area contributed by atoms with Crippen LogP contribution in [0.1, 0.15) is 5.56 Å². The molecule has 8 heteroatoms. The second kappa shape index (κ2) is 5.18. The van der Waals surface area contributed by atoms with Crippen molar-refractivity contribution < 1.29 is 35.5 Å². The van der Waals surface area contributed by atoms with Crippen LogP contribution in [0.4, 0.5) is 30.7 Å². The maximum atomic E-state index is 12.7. The zero-order chi connectivity index (χ0) is 14.8. The van der Waals surface area contributed by atoms with Gasteiger partial charge in [0, 0.05) is 6.42 Å². The summed E-state index contributed by atoms with van der Waals surface area (Å²) in [5, 5.41) is 0. The van der Waals surface area contributed by atoms with Crippen LogP contribution in [-0.2, 0) is 11.2 Å². The predicted octanol–water partition coefficient (Wildman–Crippen LogP) is 3.68. The van der Waals surface area contributed by atoms with Crippen LogP contribution in [0.25, 0.3) is 0 Å². The maximum absolute atomic E-state index is 12.7. The standard InChI is InChI=1S/C11H7F7O/c12-7-3-1-2-6(4-7)5-8(19)9(10(13,14)15)11(16,17)18/h1-4,9H,5H2. The fourth-order valence-electron chi connectivity index (χ4n) is 1.50. The van der Waals surface area contributed by atoms with Gasteiger partial charge in [-0.15, -0.1) is 0 Å². The summed E-state index contributed by atoms with van der Waals surface area (Å²) in [7, 11) is 0. The van der Waals surface area contributed by atoms with Gasteiger partial charge in [0.2, 0.25) is 5.92 Å². The van der Waals surface area contributed by atoms with E-state index >= 15 is 0 Å². The lowest BCUT2D eigenvalue weighted by Gasteiger charge is -2.21. The molecule has 0 unspecified atom stereocenters. The zero-order valence-electron chi connectivity index (χ0n) is 9.15. The molecule has 19 heavy (non-hydrogen) atoms. The third-order valence-electron chi connectivity index (χ3n) is 2.24. The highest BCUT2D eigenvalue weighted by Crippen LogP contribution is 2.40. The molecule has 1 rings (SSSR count). The molecule has 0 aliphatic carbocycles. The Morgan fingerprint density at radius 1 is 1.05 bits per heavy atom. The molecule has 0 saturated carbocycles. The number of alkyl halides is 6. The van der Waals surface area contributed by atoms with Gasteiger partial charge in [0.1, 0.15) is 5.82 Å². The quantitative estimate of drug-likeness (QED) is 0.775. The van der Waals surface area contributed by atoms with Crippen LogP contribution in [0.15, 0.2) is 24.3 Å². The van der Waals surface area contributed by atoms with Gasteiger partial charge in [0.25, 0.3) is 0 Å². The van der Waals surface area contributed by atoms with Crippen LogP contribution in [0, 0.1) is 11.7 Å². The van der Waals surface area contributed by atoms with Gasteiger partial charge in [-0.1, -0.05) is 12.1 Å². The van der Waals surface area contributed by atoms with E-state index in [4.69, 9.17) is 0 Å². The van der Waals surface area contributed by atoms with Gasteiger partial charge in [-0.3, -0.25) is 4.79 Å². The lowest BCUT2D eigenvalue weighted by molar-refractivity contribution is -0.273. The molecule has 0 aromatic heterocycles. The fraction of sp³-hybridized carbons (Fsp3) is 0.364. The van der Waals surface area contributed by atoms with Gasteiger partial charge in [0.15, 0.2) is 5.78 Å². The van der Waals surface area contributed by atoms with Crippen molar-refractivity contribution in [3.8, 4) is 0 Å². The first kappa shape index (κ1) is 15.5. The van der Waals surface area contributed by atoms with Crippen molar-refractivity contribution in [1.29, 1.82) is 0 Å². The lowest BCUT2D eigenvalue weighted by Crippen LogP contribution is -2.43. The molecule has 0 saturated heterocycles. The summed E-state index contributed by atoms with van der Waals surface area (Å²) in [5.74, 6) is -6.96. The van der Waals surface area contributed by atoms with Crippen molar-refractivity contribution >= 4 is 5.78 Å². The molecule has 1 aromatic carbocycles. The van der Waals surface area contributed by atoms with Crippen LogP contribution in [0.3, 0.4) is 0 Å². The van der Waals surface area contributed by atoms with Crippen LogP contribution in [0.5, 0.6) is 0 Å². The summed E-state index contributed by atoms with van der Waals surface area (Å²) >= 11 is 0. The third-order valence-corrected chi connectivity index (χ3v) is 2.24. The Balaban J connectivity index is 2.97. The largest absolute Gasteiger partial charge is 0.407 e. The monoisotopic (exact) mass is 288 g/mol. The molecule has 0 fully saturated rings. The van der Waals surface area contributed by atoms with Crippen molar-refractivity contribution in [2.24, 2.45) is 5.92 Å². The van der Waals surface area contributed by atoms with E-state index in [0.717, 1.165) is 18.2 Å². The number of carbonyl (C=O) groups excluding carboxylic acids is 1. The minimum atomic E-state index is -5.72. The number of hydrogen-bond acceptors (Lipinski definition) is 1. The maximum Gasteiger partial charge on any atom is 0.407 e. The number of carbonyl (C=O) groups is 1. The molecule has 0 bridgehead atoms. The molecule has 0 N–H and O–H groups in total. The van der Waals surface area contributed by atoms with Gasteiger partial charge in [-0.05, 0) is 17.7 Å².